The lowest BCUT2D eigenvalue weighted by Gasteiger charge is -2.42. The Hall–Kier alpha value is -0.420. The van der Waals surface area contributed by atoms with Crippen LogP contribution in [0.25, 0.3) is 0 Å². The number of hydrogen-bond acceptors (Lipinski definition) is 3. The van der Waals surface area contributed by atoms with E-state index in [-0.39, 0.29) is 11.3 Å². The molecule has 0 aromatic rings. The first-order valence-corrected chi connectivity index (χ1v) is 7.47. The first-order valence-electron chi connectivity index (χ1n) is 5.98. The highest BCUT2D eigenvalue weighted by Gasteiger charge is 2.38. The zero-order valence-corrected chi connectivity index (χ0v) is 10.4. The number of nitrogens with zero attached hydrogens (tertiary/aromatic N) is 1. The smallest absolute Gasteiger partial charge is 0.223 e. The molecule has 1 aliphatic carbocycles. The second-order valence-corrected chi connectivity index (χ2v) is 6.66. The van der Waals surface area contributed by atoms with Gasteiger partial charge >= 0.3 is 0 Å². The minimum atomic E-state index is -0.709. The molecule has 2 fully saturated rings. The third kappa shape index (κ3) is 2.46. The molecular weight excluding hydrogens is 224 g/mol. The monoisotopic (exact) mass is 244 g/mol. The van der Waals surface area contributed by atoms with Crippen LogP contribution in [0.4, 0.5) is 0 Å². The van der Waals surface area contributed by atoms with Crippen molar-refractivity contribution in [1.82, 2.24) is 4.90 Å². The summed E-state index contributed by atoms with van der Waals surface area (Å²) in [6, 6.07) is 0. The molecule has 0 radical (unpaired) electrons. The molecule has 0 bridgehead atoms. The molecule has 92 valence electrons. The molecule has 0 aromatic carbocycles. The maximum absolute atomic E-state index is 12.0. The van der Waals surface area contributed by atoms with Crippen LogP contribution in [0.5, 0.6) is 0 Å². The standard InChI is InChI=1S/C11H20N2O2S/c12-9-11(2-1-3-11)8-10(14)13-4-6-16(15)7-5-13/h1-9,12H2. The van der Waals surface area contributed by atoms with Crippen molar-refractivity contribution in [3.8, 4) is 0 Å². The van der Waals surface area contributed by atoms with Crippen LogP contribution in [0.3, 0.4) is 0 Å². The van der Waals surface area contributed by atoms with Gasteiger partial charge in [-0.1, -0.05) is 6.42 Å². The number of rotatable bonds is 3. The summed E-state index contributed by atoms with van der Waals surface area (Å²) < 4.78 is 11.2. The third-order valence-corrected chi connectivity index (χ3v) is 5.18. The molecule has 16 heavy (non-hydrogen) atoms. The lowest BCUT2D eigenvalue weighted by molar-refractivity contribution is -0.134. The first kappa shape index (κ1) is 12.0. The van der Waals surface area contributed by atoms with E-state index >= 15 is 0 Å². The van der Waals surface area contributed by atoms with Crippen LogP contribution in [0.1, 0.15) is 25.7 Å². The SMILES string of the molecule is NCC1(CC(=O)N2CCS(=O)CC2)CCC1. The van der Waals surface area contributed by atoms with E-state index in [0.29, 0.717) is 37.6 Å². The molecule has 1 heterocycles. The maximum atomic E-state index is 12.0. The highest BCUT2D eigenvalue weighted by atomic mass is 32.2. The van der Waals surface area contributed by atoms with Gasteiger partial charge < -0.3 is 10.6 Å². The molecule has 1 saturated heterocycles. The van der Waals surface area contributed by atoms with Crippen LogP contribution < -0.4 is 5.73 Å². The Kier molecular flexibility index (Phi) is 3.64. The van der Waals surface area contributed by atoms with Crippen LogP contribution >= 0.6 is 0 Å². The minimum Gasteiger partial charge on any atom is -0.341 e. The molecule has 0 unspecified atom stereocenters. The molecule has 2 N–H and O–H groups in total. The summed E-state index contributed by atoms with van der Waals surface area (Å²) in [4.78, 5) is 13.9. The maximum Gasteiger partial charge on any atom is 0.223 e. The normalized spacial score (nSPS) is 25.2. The lowest BCUT2D eigenvalue weighted by Crippen LogP contribution is -2.47. The van der Waals surface area contributed by atoms with Gasteiger partial charge in [0.15, 0.2) is 0 Å². The number of hydrogen-bond donors (Lipinski definition) is 1. The molecular formula is C11H20N2O2S. The summed E-state index contributed by atoms with van der Waals surface area (Å²) in [5.74, 6) is 1.49. The van der Waals surface area contributed by atoms with Crippen molar-refractivity contribution in [2.24, 2.45) is 11.1 Å². The van der Waals surface area contributed by atoms with E-state index in [1.54, 1.807) is 0 Å². The number of carbonyl (C=O) groups excluding carboxylic acids is 1. The van der Waals surface area contributed by atoms with Gasteiger partial charge in [-0.2, -0.15) is 0 Å². The summed E-state index contributed by atoms with van der Waals surface area (Å²) >= 11 is 0. The fraction of sp³-hybridized carbons (Fsp3) is 0.909. The van der Waals surface area contributed by atoms with Crippen LogP contribution in [0.2, 0.25) is 0 Å². The Bertz CT molecular complexity index is 287. The van der Waals surface area contributed by atoms with Gasteiger partial charge in [-0.3, -0.25) is 9.00 Å². The van der Waals surface area contributed by atoms with Gasteiger partial charge in [0.05, 0.1) is 0 Å². The fourth-order valence-corrected chi connectivity index (χ4v) is 3.50. The Morgan fingerprint density at radius 2 is 1.94 bits per heavy atom. The average molecular weight is 244 g/mol. The summed E-state index contributed by atoms with van der Waals surface area (Å²) in [5, 5.41) is 0. The van der Waals surface area contributed by atoms with Crippen molar-refractivity contribution in [2.45, 2.75) is 25.7 Å². The van der Waals surface area contributed by atoms with Gasteiger partial charge in [-0.25, -0.2) is 0 Å². The van der Waals surface area contributed by atoms with Gasteiger partial charge in [0, 0.05) is 41.8 Å². The molecule has 1 amide bonds. The Labute approximate surface area is 99.0 Å². The van der Waals surface area contributed by atoms with Gasteiger partial charge in [0.1, 0.15) is 0 Å². The fourth-order valence-electron chi connectivity index (χ4n) is 2.45. The van der Waals surface area contributed by atoms with E-state index in [9.17, 15) is 9.00 Å². The summed E-state index contributed by atoms with van der Waals surface area (Å²) in [7, 11) is -0.709. The largest absolute Gasteiger partial charge is 0.341 e. The molecule has 5 heteroatoms. The van der Waals surface area contributed by atoms with E-state index < -0.39 is 10.8 Å². The van der Waals surface area contributed by atoms with Gasteiger partial charge in [0.2, 0.25) is 5.91 Å². The van der Waals surface area contributed by atoms with Crippen LogP contribution in [-0.4, -0.2) is 46.2 Å². The van der Waals surface area contributed by atoms with Crippen molar-refractivity contribution in [3.05, 3.63) is 0 Å². The van der Waals surface area contributed by atoms with E-state index in [1.165, 1.54) is 6.42 Å². The van der Waals surface area contributed by atoms with Gasteiger partial charge in [-0.05, 0) is 24.8 Å². The van der Waals surface area contributed by atoms with Crippen molar-refractivity contribution >= 4 is 16.7 Å². The predicted molar refractivity (Wildman–Crippen MR) is 64.4 cm³/mol. The molecule has 1 aliphatic heterocycles. The first-order chi connectivity index (χ1) is 7.65. The second-order valence-electron chi connectivity index (χ2n) is 4.96. The quantitative estimate of drug-likeness (QED) is 0.765. The van der Waals surface area contributed by atoms with Crippen molar-refractivity contribution in [2.75, 3.05) is 31.1 Å². The summed E-state index contributed by atoms with van der Waals surface area (Å²) in [6.07, 6.45) is 3.98. The highest BCUT2D eigenvalue weighted by Crippen LogP contribution is 2.43. The van der Waals surface area contributed by atoms with Crippen molar-refractivity contribution < 1.29 is 9.00 Å². The topological polar surface area (TPSA) is 63.4 Å². The van der Waals surface area contributed by atoms with Gasteiger partial charge in [-0.15, -0.1) is 0 Å². The van der Waals surface area contributed by atoms with Crippen molar-refractivity contribution in [3.63, 3.8) is 0 Å². The summed E-state index contributed by atoms with van der Waals surface area (Å²) in [5.41, 5.74) is 5.84. The Morgan fingerprint density at radius 1 is 1.31 bits per heavy atom. The van der Waals surface area contributed by atoms with Crippen LogP contribution in [0, 0.1) is 5.41 Å². The molecule has 0 aromatic heterocycles. The van der Waals surface area contributed by atoms with Crippen molar-refractivity contribution in [1.29, 1.82) is 0 Å². The molecule has 1 saturated carbocycles. The average Bonchev–Trinajstić information content (AvgIpc) is 2.24. The molecule has 4 nitrogen and oxygen atoms in total. The molecule has 2 rings (SSSR count). The zero-order chi connectivity index (χ0) is 11.6. The van der Waals surface area contributed by atoms with E-state index in [2.05, 4.69) is 0 Å². The number of carbonyl (C=O) groups is 1. The molecule has 0 spiro atoms. The van der Waals surface area contributed by atoms with Crippen LogP contribution in [-0.2, 0) is 15.6 Å². The van der Waals surface area contributed by atoms with Crippen LogP contribution in [0.15, 0.2) is 0 Å². The Morgan fingerprint density at radius 3 is 2.38 bits per heavy atom. The second kappa shape index (κ2) is 4.84. The van der Waals surface area contributed by atoms with Gasteiger partial charge in [0.25, 0.3) is 0 Å². The molecule has 2 aliphatic rings. The zero-order valence-electron chi connectivity index (χ0n) is 9.61. The van der Waals surface area contributed by atoms with E-state index in [4.69, 9.17) is 5.73 Å². The third-order valence-electron chi connectivity index (χ3n) is 3.90. The number of nitrogens with two attached hydrogens (primary N) is 1. The minimum absolute atomic E-state index is 0.0910. The predicted octanol–water partition coefficient (Wildman–Crippen LogP) is 0.0964. The van der Waals surface area contributed by atoms with E-state index in [0.717, 1.165) is 12.8 Å². The summed E-state index contributed by atoms with van der Waals surface area (Å²) in [6.45, 7) is 1.94. The Balaban J connectivity index is 1.85. The van der Waals surface area contributed by atoms with E-state index in [1.807, 2.05) is 4.90 Å². The number of amides is 1. The highest BCUT2D eigenvalue weighted by molar-refractivity contribution is 7.85. The molecule has 0 atom stereocenters. The lowest BCUT2D eigenvalue weighted by atomic mass is 9.66.